The van der Waals surface area contributed by atoms with E-state index in [0.717, 1.165) is 11.5 Å². The molecule has 0 aliphatic carbocycles. The molecule has 0 radical (unpaired) electrons. The van der Waals surface area contributed by atoms with Gasteiger partial charge in [-0.2, -0.15) is 10.2 Å². The van der Waals surface area contributed by atoms with E-state index in [-0.39, 0.29) is 5.92 Å². The molecule has 0 atom stereocenters. The Kier molecular flexibility index (Phi) is 2.63. The third-order valence-electron chi connectivity index (χ3n) is 2.40. The van der Waals surface area contributed by atoms with Gasteiger partial charge in [0, 0.05) is 7.05 Å². The standard InChI is InChI=1S/C10H14ClN5/c1-6(2)9-8(12)10(15(3)14-9)16-5-7(11)4-13-16/h4-6H,12H2,1-3H3. The minimum atomic E-state index is 0.283. The van der Waals surface area contributed by atoms with Crippen LogP contribution < -0.4 is 5.73 Å². The number of hydrogen-bond acceptors (Lipinski definition) is 3. The predicted molar refractivity (Wildman–Crippen MR) is 63.8 cm³/mol. The Hall–Kier alpha value is -1.49. The van der Waals surface area contributed by atoms with E-state index in [2.05, 4.69) is 24.0 Å². The molecule has 6 heteroatoms. The summed E-state index contributed by atoms with van der Waals surface area (Å²) in [5.74, 6) is 1.03. The molecular weight excluding hydrogens is 226 g/mol. The number of aryl methyl sites for hydroxylation is 1. The molecule has 2 N–H and O–H groups in total. The van der Waals surface area contributed by atoms with Crippen LogP contribution >= 0.6 is 11.6 Å². The Morgan fingerprint density at radius 3 is 2.56 bits per heavy atom. The Bertz CT molecular complexity index is 511. The highest BCUT2D eigenvalue weighted by molar-refractivity contribution is 6.30. The summed E-state index contributed by atoms with van der Waals surface area (Å²) in [7, 11) is 1.84. The van der Waals surface area contributed by atoms with Crippen molar-refractivity contribution in [2.75, 3.05) is 5.73 Å². The Morgan fingerprint density at radius 2 is 2.12 bits per heavy atom. The highest BCUT2D eigenvalue weighted by Crippen LogP contribution is 2.26. The Labute approximate surface area is 98.8 Å². The van der Waals surface area contributed by atoms with Gasteiger partial charge in [-0.05, 0) is 5.92 Å². The first kappa shape index (κ1) is 11.0. The summed E-state index contributed by atoms with van der Waals surface area (Å²) in [6, 6.07) is 0. The van der Waals surface area contributed by atoms with Gasteiger partial charge in [0.1, 0.15) is 5.69 Å². The Balaban J connectivity index is 2.57. The minimum Gasteiger partial charge on any atom is -0.394 e. The molecule has 0 unspecified atom stereocenters. The summed E-state index contributed by atoms with van der Waals surface area (Å²) in [5, 5.41) is 9.08. The molecule has 0 amide bonds. The van der Waals surface area contributed by atoms with Gasteiger partial charge in [0.2, 0.25) is 0 Å². The van der Waals surface area contributed by atoms with E-state index in [1.54, 1.807) is 21.8 Å². The van der Waals surface area contributed by atoms with E-state index < -0.39 is 0 Å². The van der Waals surface area contributed by atoms with Crippen molar-refractivity contribution in [1.29, 1.82) is 0 Å². The van der Waals surface area contributed by atoms with Crippen LogP contribution in [-0.4, -0.2) is 19.6 Å². The lowest BCUT2D eigenvalue weighted by Crippen LogP contribution is -2.05. The zero-order chi connectivity index (χ0) is 11.9. The van der Waals surface area contributed by atoms with Crippen LogP contribution in [0.3, 0.4) is 0 Å². The fourth-order valence-electron chi connectivity index (χ4n) is 1.67. The van der Waals surface area contributed by atoms with Crippen molar-refractivity contribution in [3.05, 3.63) is 23.1 Å². The maximum Gasteiger partial charge on any atom is 0.175 e. The lowest BCUT2D eigenvalue weighted by molar-refractivity contribution is 0.676. The number of halogens is 1. The molecule has 0 fully saturated rings. The van der Waals surface area contributed by atoms with Crippen molar-refractivity contribution in [2.45, 2.75) is 19.8 Å². The monoisotopic (exact) mass is 239 g/mol. The van der Waals surface area contributed by atoms with Gasteiger partial charge in [-0.15, -0.1) is 0 Å². The first-order valence-corrected chi connectivity index (χ1v) is 5.41. The van der Waals surface area contributed by atoms with Crippen LogP contribution in [0.2, 0.25) is 5.02 Å². The fraction of sp³-hybridized carbons (Fsp3) is 0.400. The zero-order valence-electron chi connectivity index (χ0n) is 9.48. The predicted octanol–water partition coefficient (Wildman–Crippen LogP) is 1.96. The van der Waals surface area contributed by atoms with Crippen LogP contribution in [0.4, 0.5) is 5.69 Å². The molecule has 0 aliphatic heterocycles. The normalized spacial score (nSPS) is 11.3. The van der Waals surface area contributed by atoms with Crippen LogP contribution in [0, 0.1) is 0 Å². The SMILES string of the molecule is CC(C)c1nn(C)c(-n2cc(Cl)cn2)c1N. The lowest BCUT2D eigenvalue weighted by Gasteiger charge is -2.03. The van der Waals surface area contributed by atoms with Crippen LogP contribution in [0.15, 0.2) is 12.4 Å². The molecule has 5 nitrogen and oxygen atoms in total. The highest BCUT2D eigenvalue weighted by atomic mass is 35.5. The maximum absolute atomic E-state index is 6.06. The van der Waals surface area contributed by atoms with Gasteiger partial charge in [-0.3, -0.25) is 0 Å². The number of aromatic nitrogens is 4. The van der Waals surface area contributed by atoms with Crippen molar-refractivity contribution in [1.82, 2.24) is 19.6 Å². The van der Waals surface area contributed by atoms with Crippen molar-refractivity contribution in [3.63, 3.8) is 0 Å². The molecule has 0 aromatic carbocycles. The molecule has 0 saturated heterocycles. The summed E-state index contributed by atoms with van der Waals surface area (Å²) in [5.41, 5.74) is 7.59. The molecule has 2 heterocycles. The molecule has 0 aliphatic rings. The largest absolute Gasteiger partial charge is 0.394 e. The first-order chi connectivity index (χ1) is 7.50. The highest BCUT2D eigenvalue weighted by Gasteiger charge is 2.17. The van der Waals surface area contributed by atoms with Gasteiger partial charge in [0.05, 0.1) is 23.1 Å². The number of nitrogen functional groups attached to an aromatic ring is 1. The quantitative estimate of drug-likeness (QED) is 0.872. The summed E-state index contributed by atoms with van der Waals surface area (Å²) in [6.07, 6.45) is 3.28. The van der Waals surface area contributed by atoms with E-state index in [1.165, 1.54) is 0 Å². The van der Waals surface area contributed by atoms with Crippen molar-refractivity contribution < 1.29 is 0 Å². The van der Waals surface area contributed by atoms with Gasteiger partial charge in [-0.1, -0.05) is 25.4 Å². The first-order valence-electron chi connectivity index (χ1n) is 5.03. The van der Waals surface area contributed by atoms with Crippen LogP contribution in [0.25, 0.3) is 5.82 Å². The topological polar surface area (TPSA) is 61.7 Å². The zero-order valence-corrected chi connectivity index (χ0v) is 10.2. The van der Waals surface area contributed by atoms with Crippen LogP contribution in [-0.2, 0) is 7.05 Å². The Morgan fingerprint density at radius 1 is 1.44 bits per heavy atom. The average Bonchev–Trinajstić information content (AvgIpc) is 2.71. The van der Waals surface area contributed by atoms with Crippen molar-refractivity contribution >= 4 is 17.3 Å². The number of nitrogens with two attached hydrogens (primary N) is 1. The summed E-state index contributed by atoms with van der Waals surface area (Å²) < 4.78 is 3.35. The van der Waals surface area contributed by atoms with Crippen molar-refractivity contribution in [2.24, 2.45) is 7.05 Å². The summed E-state index contributed by atoms with van der Waals surface area (Å²) >= 11 is 5.83. The molecule has 2 aromatic rings. The third-order valence-corrected chi connectivity index (χ3v) is 2.59. The second kappa shape index (κ2) is 3.83. The number of anilines is 1. The number of hydrogen-bond donors (Lipinski definition) is 1. The fourth-order valence-corrected chi connectivity index (χ4v) is 1.80. The van der Waals surface area contributed by atoms with Gasteiger partial charge >= 0.3 is 0 Å². The van der Waals surface area contributed by atoms with E-state index in [0.29, 0.717) is 10.7 Å². The van der Waals surface area contributed by atoms with Gasteiger partial charge in [-0.25, -0.2) is 9.36 Å². The van der Waals surface area contributed by atoms with E-state index in [9.17, 15) is 0 Å². The van der Waals surface area contributed by atoms with Gasteiger partial charge in [0.15, 0.2) is 5.82 Å². The molecule has 2 rings (SSSR count). The minimum absolute atomic E-state index is 0.283. The molecule has 2 aromatic heterocycles. The lowest BCUT2D eigenvalue weighted by atomic mass is 10.1. The van der Waals surface area contributed by atoms with E-state index in [4.69, 9.17) is 17.3 Å². The van der Waals surface area contributed by atoms with E-state index >= 15 is 0 Å². The molecule has 0 bridgehead atoms. The smallest absolute Gasteiger partial charge is 0.175 e. The van der Waals surface area contributed by atoms with Crippen LogP contribution in [0.5, 0.6) is 0 Å². The molecule has 86 valence electrons. The third kappa shape index (κ3) is 1.67. The van der Waals surface area contributed by atoms with Crippen LogP contribution in [0.1, 0.15) is 25.5 Å². The van der Waals surface area contributed by atoms with Gasteiger partial charge < -0.3 is 5.73 Å². The van der Waals surface area contributed by atoms with E-state index in [1.807, 2.05) is 7.05 Å². The molecule has 0 spiro atoms. The maximum atomic E-state index is 6.06. The number of nitrogens with zero attached hydrogens (tertiary/aromatic N) is 4. The second-order valence-corrected chi connectivity index (χ2v) is 4.44. The van der Waals surface area contributed by atoms with Crippen molar-refractivity contribution in [3.8, 4) is 5.82 Å². The summed E-state index contributed by atoms with van der Waals surface area (Å²) in [6.45, 7) is 4.11. The number of rotatable bonds is 2. The second-order valence-electron chi connectivity index (χ2n) is 4.00. The summed E-state index contributed by atoms with van der Waals surface area (Å²) in [4.78, 5) is 0. The molecular formula is C10H14ClN5. The molecule has 0 saturated carbocycles. The molecule has 16 heavy (non-hydrogen) atoms. The van der Waals surface area contributed by atoms with Gasteiger partial charge in [0.25, 0.3) is 0 Å². The average molecular weight is 240 g/mol.